The molecule has 0 aliphatic heterocycles. The van der Waals surface area contributed by atoms with Crippen LogP contribution >= 0.6 is 0 Å². The van der Waals surface area contributed by atoms with Crippen LogP contribution in [-0.2, 0) is 19.7 Å². The van der Waals surface area contributed by atoms with Crippen LogP contribution in [0, 0.1) is 0 Å². The van der Waals surface area contributed by atoms with Gasteiger partial charge in [0, 0.05) is 37.6 Å². The second-order valence-corrected chi connectivity index (χ2v) is 11.5. The summed E-state index contributed by atoms with van der Waals surface area (Å²) in [5.41, 5.74) is 14.8. The smallest absolute Gasteiger partial charge is 0.287 e. The third kappa shape index (κ3) is 8.51. The van der Waals surface area contributed by atoms with E-state index < -0.39 is 5.56 Å². The molecule has 7 aromatic rings. The molecule has 4 heterocycles. The van der Waals surface area contributed by atoms with Crippen molar-refractivity contribution in [1.82, 2.24) is 29.4 Å². The number of anilines is 4. The van der Waals surface area contributed by atoms with Gasteiger partial charge in [0.05, 0.1) is 36.4 Å². The fourth-order valence-electron chi connectivity index (χ4n) is 5.21. The zero-order valence-electron chi connectivity index (χ0n) is 28.8. The van der Waals surface area contributed by atoms with Crippen LogP contribution in [0.15, 0.2) is 113 Å². The first-order valence-corrected chi connectivity index (χ1v) is 16.2. The van der Waals surface area contributed by atoms with Crippen LogP contribution in [0.3, 0.4) is 0 Å². The molecule has 0 saturated carbocycles. The number of benzene rings is 3. The molecule has 270 valence electrons. The van der Waals surface area contributed by atoms with Crippen LogP contribution in [0.5, 0.6) is 11.5 Å². The molecule has 0 atom stereocenters. The monoisotopic (exact) mass is 716 g/mol. The lowest BCUT2D eigenvalue weighted by Gasteiger charge is -2.15. The van der Waals surface area contributed by atoms with Gasteiger partial charge in [-0.2, -0.15) is 9.97 Å². The summed E-state index contributed by atoms with van der Waals surface area (Å²) in [4.78, 5) is 46.4. The van der Waals surface area contributed by atoms with Crippen molar-refractivity contribution in [1.29, 1.82) is 0 Å². The average Bonchev–Trinajstić information content (AvgIpc) is 3.18. The summed E-state index contributed by atoms with van der Waals surface area (Å²) >= 11 is 0. The van der Waals surface area contributed by atoms with Gasteiger partial charge in [0.25, 0.3) is 11.1 Å². The van der Waals surface area contributed by atoms with E-state index in [2.05, 4.69) is 30.6 Å². The molecule has 0 radical (unpaired) electrons. The van der Waals surface area contributed by atoms with Crippen molar-refractivity contribution in [3.05, 3.63) is 141 Å². The molecule has 0 unspecified atom stereocenters. The highest BCUT2D eigenvalue weighted by molar-refractivity contribution is 5.89. The Morgan fingerprint density at radius 3 is 1.68 bits per heavy atom. The highest BCUT2D eigenvalue weighted by atomic mass is 16.7. The Balaban J connectivity index is 0.000000188. The Morgan fingerprint density at radius 2 is 1.15 bits per heavy atom. The maximum Gasteiger partial charge on any atom is 0.287 e. The molecular formula is C37H36N10O6. The van der Waals surface area contributed by atoms with Gasteiger partial charge in [-0.3, -0.25) is 9.59 Å². The Labute approximate surface area is 302 Å². The van der Waals surface area contributed by atoms with Gasteiger partial charge >= 0.3 is 0 Å². The minimum Gasteiger partial charge on any atom is -0.497 e. The molecule has 0 fully saturated rings. The quantitative estimate of drug-likeness (QED) is 0.120. The Bertz CT molecular complexity index is 2460. The number of aromatic nitrogens is 6. The number of fused-ring (bicyclic) bond motifs is 2. The van der Waals surface area contributed by atoms with E-state index in [0.29, 0.717) is 45.6 Å². The van der Waals surface area contributed by atoms with E-state index in [-0.39, 0.29) is 29.7 Å². The molecular weight excluding hydrogens is 680 g/mol. The highest BCUT2D eigenvalue weighted by Crippen LogP contribution is 2.22. The maximum atomic E-state index is 12.8. The number of nitrogens with zero attached hydrogens (tertiary/aromatic N) is 6. The fourth-order valence-corrected chi connectivity index (χ4v) is 5.21. The summed E-state index contributed by atoms with van der Waals surface area (Å²) in [5, 5.41) is 17.3. The number of nitrogens with one attached hydrogen (secondary N) is 2. The lowest BCUT2D eigenvalue weighted by atomic mass is 10.2. The third-order valence-electron chi connectivity index (χ3n) is 7.98. The van der Waals surface area contributed by atoms with E-state index in [0.717, 1.165) is 32.9 Å². The number of hydrogen-bond donors (Lipinski definition) is 5. The molecule has 0 bridgehead atoms. The number of pyridine rings is 2. The van der Waals surface area contributed by atoms with Crippen molar-refractivity contribution >= 4 is 45.3 Å². The van der Waals surface area contributed by atoms with Gasteiger partial charge in [-0.25, -0.2) is 9.97 Å². The molecule has 16 nitrogen and oxygen atoms in total. The van der Waals surface area contributed by atoms with Crippen LogP contribution in [0.1, 0.15) is 16.7 Å². The number of nitrogen functional groups attached to an aromatic ring is 2. The summed E-state index contributed by atoms with van der Waals surface area (Å²) in [7, 11) is 3.23. The minimum absolute atomic E-state index is 0.0213. The van der Waals surface area contributed by atoms with Gasteiger partial charge in [0.15, 0.2) is 11.3 Å². The Kier molecular flexibility index (Phi) is 10.8. The second-order valence-electron chi connectivity index (χ2n) is 11.5. The van der Waals surface area contributed by atoms with E-state index in [1.54, 1.807) is 20.4 Å². The number of rotatable bonds is 11. The van der Waals surface area contributed by atoms with Crippen LogP contribution in [0.2, 0.25) is 0 Å². The van der Waals surface area contributed by atoms with Gasteiger partial charge in [-0.1, -0.05) is 54.6 Å². The van der Waals surface area contributed by atoms with Gasteiger partial charge < -0.3 is 41.6 Å². The van der Waals surface area contributed by atoms with Gasteiger partial charge in [-0.15, -0.1) is 9.46 Å². The van der Waals surface area contributed by atoms with Crippen molar-refractivity contribution in [3.8, 4) is 11.5 Å². The largest absolute Gasteiger partial charge is 0.497 e. The predicted octanol–water partition coefficient (Wildman–Crippen LogP) is 3.85. The van der Waals surface area contributed by atoms with E-state index in [1.165, 1.54) is 18.3 Å². The van der Waals surface area contributed by atoms with Crippen molar-refractivity contribution in [3.63, 3.8) is 0 Å². The van der Waals surface area contributed by atoms with Crippen molar-refractivity contribution in [2.24, 2.45) is 0 Å². The zero-order valence-corrected chi connectivity index (χ0v) is 28.8. The van der Waals surface area contributed by atoms with Crippen molar-refractivity contribution in [2.75, 3.05) is 36.3 Å². The molecule has 7 rings (SSSR count). The van der Waals surface area contributed by atoms with Gasteiger partial charge in [-0.05, 0) is 41.0 Å². The second kappa shape index (κ2) is 16.1. The first kappa shape index (κ1) is 35.5. The summed E-state index contributed by atoms with van der Waals surface area (Å²) in [6, 6.07) is 27.5. The molecule has 0 aliphatic rings. The third-order valence-corrected chi connectivity index (χ3v) is 7.98. The molecule has 7 N–H and O–H groups in total. The van der Waals surface area contributed by atoms with Crippen LogP contribution < -0.4 is 47.5 Å². The van der Waals surface area contributed by atoms with Gasteiger partial charge in [0.1, 0.15) is 18.1 Å². The van der Waals surface area contributed by atoms with Crippen LogP contribution in [0.4, 0.5) is 23.3 Å². The first-order valence-electron chi connectivity index (χ1n) is 16.2. The molecule has 0 saturated heterocycles. The van der Waals surface area contributed by atoms with E-state index in [4.69, 9.17) is 25.8 Å². The Morgan fingerprint density at radius 1 is 0.660 bits per heavy atom. The summed E-state index contributed by atoms with van der Waals surface area (Å²) < 4.78 is 11.9. The van der Waals surface area contributed by atoms with Crippen LogP contribution in [-0.4, -0.2) is 48.8 Å². The highest BCUT2D eigenvalue weighted by Gasteiger charge is 2.14. The molecule has 0 spiro atoms. The summed E-state index contributed by atoms with van der Waals surface area (Å²) in [6.45, 7) is 1.22. The Hall–Kier alpha value is -7.36. The fraction of sp³-hybridized carbons (Fsp3) is 0.135. The van der Waals surface area contributed by atoms with Crippen molar-refractivity contribution in [2.45, 2.75) is 19.7 Å². The standard InChI is InChI=1S/C22H21N5O3.C15H15N5O3/c1-29-17-9-7-15(8-10-17)12-24-19-11-20(28)27(21-18(19)13-25-22(23)26-21)30-14-16-5-3-2-4-6-16;1-23-10-4-2-9(3-5-10)7-17-12-6-13(21)20(22)14-11(12)8-18-15(16)19-14/h2-11,13,24H,12,14H2,1H3,(H2,23,25,26);2-6,8,17,22H,7H2,1H3,(H2,16,18,19). The maximum absolute atomic E-state index is 12.8. The lowest BCUT2D eigenvalue weighted by Crippen LogP contribution is -2.28. The lowest BCUT2D eigenvalue weighted by molar-refractivity contribution is 0.0980. The number of nitrogens with two attached hydrogens (primary N) is 2. The topological polar surface area (TPSA) is 220 Å². The summed E-state index contributed by atoms with van der Waals surface area (Å²) in [5.74, 6) is 1.59. The van der Waals surface area contributed by atoms with Crippen LogP contribution in [0.25, 0.3) is 22.1 Å². The van der Waals surface area contributed by atoms with Crippen molar-refractivity contribution < 1.29 is 19.5 Å². The normalized spacial score (nSPS) is 10.7. The molecule has 0 aliphatic carbocycles. The van der Waals surface area contributed by atoms with E-state index in [1.807, 2.05) is 78.9 Å². The zero-order chi connectivity index (χ0) is 37.3. The SMILES string of the molecule is COc1ccc(CNc2cc(=O)n(O)c3nc(N)ncc23)cc1.COc1ccc(CNc2cc(=O)n(OCc3ccccc3)c3nc(N)ncc23)cc1. The molecule has 4 aromatic heterocycles. The van der Waals surface area contributed by atoms with E-state index in [9.17, 15) is 14.8 Å². The number of ether oxygens (including phenoxy) is 2. The number of hydrogen-bond acceptors (Lipinski definition) is 14. The number of methoxy groups -OCH3 is 2. The molecule has 0 amide bonds. The molecule has 53 heavy (non-hydrogen) atoms. The average molecular weight is 717 g/mol. The summed E-state index contributed by atoms with van der Waals surface area (Å²) in [6.07, 6.45) is 3.04. The molecule has 16 heteroatoms. The minimum atomic E-state index is -0.604. The van der Waals surface area contributed by atoms with E-state index >= 15 is 0 Å². The van der Waals surface area contributed by atoms with Gasteiger partial charge in [0.2, 0.25) is 11.9 Å². The first-order chi connectivity index (χ1) is 25.7. The predicted molar refractivity (Wildman–Crippen MR) is 201 cm³/mol. The molecule has 3 aromatic carbocycles.